The molecule has 4 nitrogen and oxygen atoms in total. The molecular weight excluding hydrogens is 262 g/mol. The summed E-state index contributed by atoms with van der Waals surface area (Å²) in [7, 11) is 0. The number of hydrogen-bond donors (Lipinski definition) is 2. The highest BCUT2D eigenvalue weighted by Crippen LogP contribution is 2.16. The molecule has 0 saturated carbocycles. The van der Waals surface area contributed by atoms with E-state index in [2.05, 4.69) is 29.1 Å². The highest BCUT2D eigenvalue weighted by atomic mass is 16.1. The predicted molar refractivity (Wildman–Crippen MR) is 84.6 cm³/mol. The number of rotatable bonds is 3. The highest BCUT2D eigenvalue weighted by molar-refractivity contribution is 6.03. The van der Waals surface area contributed by atoms with Gasteiger partial charge in [0.1, 0.15) is 0 Å². The van der Waals surface area contributed by atoms with Gasteiger partial charge in [-0.1, -0.05) is 38.1 Å². The second-order valence-electron chi connectivity index (χ2n) is 5.33. The Balaban J connectivity index is 1.79. The van der Waals surface area contributed by atoms with Crippen LogP contribution in [0.1, 0.15) is 35.7 Å². The van der Waals surface area contributed by atoms with Gasteiger partial charge in [0.05, 0.1) is 11.0 Å². The first-order valence-electron chi connectivity index (χ1n) is 6.99. The summed E-state index contributed by atoms with van der Waals surface area (Å²) in [5.41, 5.74) is 3.58. The van der Waals surface area contributed by atoms with E-state index >= 15 is 0 Å². The molecule has 3 aromatic rings. The summed E-state index contributed by atoms with van der Waals surface area (Å²) >= 11 is 0. The van der Waals surface area contributed by atoms with E-state index in [0.717, 1.165) is 11.0 Å². The third-order valence-electron chi connectivity index (χ3n) is 3.46. The van der Waals surface area contributed by atoms with Gasteiger partial charge in [-0.25, -0.2) is 4.98 Å². The van der Waals surface area contributed by atoms with Crippen molar-refractivity contribution < 1.29 is 4.79 Å². The molecule has 0 saturated heterocycles. The van der Waals surface area contributed by atoms with E-state index in [0.29, 0.717) is 17.4 Å². The summed E-state index contributed by atoms with van der Waals surface area (Å²) in [6, 6.07) is 15.3. The maximum Gasteiger partial charge on any atom is 0.257 e. The van der Waals surface area contributed by atoms with Crippen molar-refractivity contribution in [2.75, 3.05) is 5.32 Å². The minimum Gasteiger partial charge on any atom is -0.324 e. The van der Waals surface area contributed by atoms with Crippen molar-refractivity contribution in [1.82, 2.24) is 9.97 Å². The van der Waals surface area contributed by atoms with Crippen molar-refractivity contribution in [2.45, 2.75) is 19.8 Å². The number of nitrogens with zero attached hydrogens (tertiary/aromatic N) is 1. The molecule has 0 unspecified atom stereocenters. The number of H-pyrrole nitrogens is 1. The van der Waals surface area contributed by atoms with E-state index < -0.39 is 0 Å². The largest absolute Gasteiger partial charge is 0.324 e. The summed E-state index contributed by atoms with van der Waals surface area (Å²) in [6.07, 6.45) is 0. The molecule has 2 aromatic carbocycles. The Labute approximate surface area is 123 Å². The van der Waals surface area contributed by atoms with Gasteiger partial charge in [0.2, 0.25) is 5.95 Å². The fourth-order valence-electron chi connectivity index (χ4n) is 2.21. The first-order valence-corrected chi connectivity index (χ1v) is 6.99. The first-order chi connectivity index (χ1) is 10.1. The third kappa shape index (κ3) is 2.79. The molecule has 21 heavy (non-hydrogen) atoms. The van der Waals surface area contributed by atoms with Crippen molar-refractivity contribution in [3.8, 4) is 0 Å². The Kier molecular flexibility index (Phi) is 3.44. The zero-order valence-corrected chi connectivity index (χ0v) is 12.1. The number of para-hydroxylation sites is 2. The van der Waals surface area contributed by atoms with Crippen LogP contribution in [0.25, 0.3) is 11.0 Å². The molecule has 2 N–H and O–H groups in total. The fraction of sp³-hybridized carbons (Fsp3) is 0.176. The first kappa shape index (κ1) is 13.4. The summed E-state index contributed by atoms with van der Waals surface area (Å²) in [5.74, 6) is 0.760. The molecule has 0 aliphatic heterocycles. The quantitative estimate of drug-likeness (QED) is 0.763. The molecule has 4 heteroatoms. The summed E-state index contributed by atoms with van der Waals surface area (Å²) in [4.78, 5) is 19.6. The molecule has 0 bridgehead atoms. The molecule has 0 spiro atoms. The van der Waals surface area contributed by atoms with Gasteiger partial charge in [0.25, 0.3) is 5.91 Å². The van der Waals surface area contributed by atoms with Crippen LogP contribution < -0.4 is 5.32 Å². The molecule has 1 aromatic heterocycles. The number of carbonyl (C=O) groups is 1. The predicted octanol–water partition coefficient (Wildman–Crippen LogP) is 3.94. The minimum absolute atomic E-state index is 0.163. The smallest absolute Gasteiger partial charge is 0.257 e. The van der Waals surface area contributed by atoms with Crippen molar-refractivity contribution >= 4 is 22.9 Å². The molecule has 1 heterocycles. The number of aromatic amines is 1. The van der Waals surface area contributed by atoms with E-state index in [1.54, 1.807) is 0 Å². The van der Waals surface area contributed by atoms with Gasteiger partial charge in [-0.3, -0.25) is 10.1 Å². The molecular formula is C17H17N3O. The highest BCUT2D eigenvalue weighted by Gasteiger charge is 2.09. The second kappa shape index (κ2) is 5.40. The average Bonchev–Trinajstić information content (AvgIpc) is 2.89. The monoisotopic (exact) mass is 279 g/mol. The number of amides is 1. The molecule has 0 fully saturated rings. The molecule has 0 aliphatic rings. The van der Waals surface area contributed by atoms with Gasteiger partial charge >= 0.3 is 0 Å². The molecule has 0 atom stereocenters. The average molecular weight is 279 g/mol. The number of benzene rings is 2. The van der Waals surface area contributed by atoms with Gasteiger partial charge in [-0.2, -0.15) is 0 Å². The maximum absolute atomic E-state index is 12.2. The summed E-state index contributed by atoms with van der Waals surface area (Å²) < 4.78 is 0. The van der Waals surface area contributed by atoms with Gasteiger partial charge in [-0.15, -0.1) is 0 Å². The van der Waals surface area contributed by atoms with E-state index in [1.165, 1.54) is 5.56 Å². The number of aromatic nitrogens is 2. The van der Waals surface area contributed by atoms with Gasteiger partial charge in [0.15, 0.2) is 0 Å². The number of carbonyl (C=O) groups excluding carboxylic acids is 1. The van der Waals surface area contributed by atoms with Crippen molar-refractivity contribution in [1.29, 1.82) is 0 Å². The zero-order chi connectivity index (χ0) is 14.8. The Morgan fingerprint density at radius 2 is 1.81 bits per heavy atom. The van der Waals surface area contributed by atoms with Crippen LogP contribution in [0.4, 0.5) is 5.95 Å². The third-order valence-corrected chi connectivity index (χ3v) is 3.46. The topological polar surface area (TPSA) is 57.8 Å². The standard InChI is InChI=1S/C17H17N3O/c1-11(2)12-7-9-13(10-8-12)16(21)20-17-18-14-5-3-4-6-15(14)19-17/h3-11H,1-2H3,(H2,18,19,20,21). The van der Waals surface area contributed by atoms with Crippen LogP contribution >= 0.6 is 0 Å². The Hall–Kier alpha value is -2.62. The number of nitrogens with one attached hydrogen (secondary N) is 2. The summed E-state index contributed by atoms with van der Waals surface area (Å²) in [6.45, 7) is 4.26. The number of fused-ring (bicyclic) bond motifs is 1. The van der Waals surface area contributed by atoms with Crippen molar-refractivity contribution in [2.24, 2.45) is 0 Å². The normalized spacial score (nSPS) is 11.0. The Morgan fingerprint density at radius 3 is 2.48 bits per heavy atom. The lowest BCUT2D eigenvalue weighted by molar-refractivity contribution is 0.102. The van der Waals surface area contributed by atoms with E-state index in [-0.39, 0.29) is 5.91 Å². The Morgan fingerprint density at radius 1 is 1.10 bits per heavy atom. The lowest BCUT2D eigenvalue weighted by atomic mass is 10.0. The molecule has 0 radical (unpaired) electrons. The molecule has 1 amide bonds. The maximum atomic E-state index is 12.2. The number of hydrogen-bond acceptors (Lipinski definition) is 2. The van der Waals surface area contributed by atoms with Crippen LogP contribution in [0, 0.1) is 0 Å². The zero-order valence-electron chi connectivity index (χ0n) is 12.1. The van der Waals surface area contributed by atoms with Crippen LogP contribution in [-0.4, -0.2) is 15.9 Å². The SMILES string of the molecule is CC(C)c1ccc(C(=O)Nc2nc3ccccc3[nH]2)cc1. The minimum atomic E-state index is -0.163. The van der Waals surface area contributed by atoms with Crippen LogP contribution in [0.15, 0.2) is 48.5 Å². The van der Waals surface area contributed by atoms with Crippen LogP contribution in [0.5, 0.6) is 0 Å². The second-order valence-corrected chi connectivity index (χ2v) is 5.33. The molecule has 106 valence electrons. The van der Waals surface area contributed by atoms with Gasteiger partial charge < -0.3 is 4.98 Å². The lowest BCUT2D eigenvalue weighted by Gasteiger charge is -2.06. The van der Waals surface area contributed by atoms with Crippen molar-refractivity contribution in [3.63, 3.8) is 0 Å². The lowest BCUT2D eigenvalue weighted by Crippen LogP contribution is -2.12. The Bertz CT molecular complexity index is 739. The van der Waals surface area contributed by atoms with E-state index in [9.17, 15) is 4.79 Å². The van der Waals surface area contributed by atoms with Crippen LogP contribution in [0.3, 0.4) is 0 Å². The van der Waals surface area contributed by atoms with E-state index in [1.807, 2.05) is 48.5 Å². The van der Waals surface area contributed by atoms with Crippen LogP contribution in [0.2, 0.25) is 0 Å². The van der Waals surface area contributed by atoms with Gasteiger partial charge in [0, 0.05) is 5.56 Å². The van der Waals surface area contributed by atoms with E-state index in [4.69, 9.17) is 0 Å². The molecule has 0 aliphatic carbocycles. The number of anilines is 1. The van der Waals surface area contributed by atoms with Crippen LogP contribution in [-0.2, 0) is 0 Å². The summed E-state index contributed by atoms with van der Waals surface area (Å²) in [5, 5.41) is 2.79. The van der Waals surface area contributed by atoms with Crippen molar-refractivity contribution in [3.05, 3.63) is 59.7 Å². The van der Waals surface area contributed by atoms with Gasteiger partial charge in [-0.05, 0) is 35.7 Å². The number of imidazole rings is 1. The fourth-order valence-corrected chi connectivity index (χ4v) is 2.21. The molecule has 3 rings (SSSR count).